The summed E-state index contributed by atoms with van der Waals surface area (Å²) in [5.41, 5.74) is 4.69. The zero-order valence-electron chi connectivity index (χ0n) is 18.4. The van der Waals surface area contributed by atoms with E-state index in [1.54, 1.807) is 23.2 Å². The molecular formula is C25H23BrFN5O2. The van der Waals surface area contributed by atoms with Gasteiger partial charge in [0.15, 0.2) is 5.78 Å². The monoisotopic (exact) mass is 523 g/mol. The zero-order chi connectivity index (χ0) is 23.7. The third kappa shape index (κ3) is 4.52. The van der Waals surface area contributed by atoms with Crippen molar-refractivity contribution in [1.29, 1.82) is 0 Å². The first-order chi connectivity index (χ1) is 16.5. The number of carbonyl (C=O) groups is 2. The Labute approximate surface area is 203 Å². The van der Waals surface area contributed by atoms with E-state index >= 15 is 0 Å². The molecule has 1 aliphatic rings. The highest BCUT2D eigenvalue weighted by molar-refractivity contribution is 9.10. The zero-order valence-corrected chi connectivity index (χ0v) is 20.0. The van der Waals surface area contributed by atoms with Crippen LogP contribution >= 0.6 is 15.9 Å². The number of nitrogens with zero attached hydrogens (tertiary/aromatic N) is 3. The fourth-order valence-electron chi connectivity index (χ4n) is 4.40. The van der Waals surface area contributed by atoms with Crippen molar-refractivity contribution in [3.8, 4) is 0 Å². The lowest BCUT2D eigenvalue weighted by Gasteiger charge is -2.27. The number of hydrogen-bond acceptors (Lipinski definition) is 4. The van der Waals surface area contributed by atoms with Crippen LogP contribution in [0.2, 0.25) is 0 Å². The number of amides is 1. The van der Waals surface area contributed by atoms with Gasteiger partial charge in [0.25, 0.3) is 5.91 Å². The van der Waals surface area contributed by atoms with Gasteiger partial charge >= 0.3 is 0 Å². The Hall–Kier alpha value is -3.33. The van der Waals surface area contributed by atoms with Crippen molar-refractivity contribution >= 4 is 38.5 Å². The van der Waals surface area contributed by atoms with Crippen LogP contribution in [0, 0.1) is 5.82 Å². The van der Waals surface area contributed by atoms with E-state index in [2.05, 4.69) is 36.3 Å². The standard InChI is InChI=1S/C25H23BrFN5O2/c26-19-11-15(5-8-20(19)27)3-1-2-4-23(33)24-18-9-10-32(14-22(18)30-31-24)25(34)16-6-7-17-13-28-29-21(17)12-16/h5-8,11-13H,1-4,9-10,14H2,(H,28,29)(H,30,31). The summed E-state index contributed by atoms with van der Waals surface area (Å²) < 4.78 is 13.8. The molecule has 0 spiro atoms. The first-order valence-corrected chi connectivity index (χ1v) is 12.0. The third-order valence-electron chi connectivity index (χ3n) is 6.28. The SMILES string of the molecule is O=C(CCCCc1ccc(F)c(Br)c1)c1n[nH]c2c1CCN(C(=O)c1ccc3cn[nH]c3c1)C2. The highest BCUT2D eigenvalue weighted by Gasteiger charge is 2.27. The molecule has 0 saturated heterocycles. The molecule has 0 aliphatic carbocycles. The van der Waals surface area contributed by atoms with Gasteiger partial charge in [-0.3, -0.25) is 19.8 Å². The van der Waals surface area contributed by atoms with Crippen molar-refractivity contribution in [3.63, 3.8) is 0 Å². The van der Waals surface area contributed by atoms with Crippen LogP contribution in [-0.4, -0.2) is 43.5 Å². The second-order valence-corrected chi connectivity index (χ2v) is 9.41. The van der Waals surface area contributed by atoms with Gasteiger partial charge in [0, 0.05) is 29.5 Å². The largest absolute Gasteiger partial charge is 0.332 e. The molecule has 7 nitrogen and oxygen atoms in total. The number of nitrogens with one attached hydrogen (secondary N) is 2. The molecule has 2 N–H and O–H groups in total. The molecule has 2 aromatic heterocycles. The predicted octanol–water partition coefficient (Wildman–Crippen LogP) is 4.98. The first-order valence-electron chi connectivity index (χ1n) is 11.3. The molecule has 2 aromatic carbocycles. The molecule has 0 fully saturated rings. The van der Waals surface area contributed by atoms with Gasteiger partial charge in [-0.15, -0.1) is 0 Å². The van der Waals surface area contributed by atoms with E-state index < -0.39 is 0 Å². The molecule has 0 radical (unpaired) electrons. The van der Waals surface area contributed by atoms with Crippen molar-refractivity contribution in [3.05, 3.63) is 81.0 Å². The number of fused-ring (bicyclic) bond motifs is 2. The maximum Gasteiger partial charge on any atom is 0.254 e. The summed E-state index contributed by atoms with van der Waals surface area (Å²) in [6.45, 7) is 0.932. The average Bonchev–Trinajstić information content (AvgIpc) is 3.49. The Morgan fingerprint density at radius 3 is 2.85 bits per heavy atom. The lowest BCUT2D eigenvalue weighted by atomic mass is 9.98. The highest BCUT2D eigenvalue weighted by atomic mass is 79.9. The van der Waals surface area contributed by atoms with Crippen LogP contribution in [0.1, 0.15) is 56.9 Å². The number of Topliss-reactive ketones (excluding diaryl/α,β-unsaturated/α-hetero) is 1. The number of benzene rings is 2. The fraction of sp³-hybridized carbons (Fsp3) is 0.280. The van der Waals surface area contributed by atoms with E-state index in [0.29, 0.717) is 41.7 Å². The summed E-state index contributed by atoms with van der Waals surface area (Å²) in [6.07, 6.45) is 5.07. The van der Waals surface area contributed by atoms with Crippen LogP contribution in [0.4, 0.5) is 4.39 Å². The van der Waals surface area contributed by atoms with E-state index in [1.807, 2.05) is 18.2 Å². The molecular weight excluding hydrogens is 501 g/mol. The highest BCUT2D eigenvalue weighted by Crippen LogP contribution is 2.24. The van der Waals surface area contributed by atoms with Gasteiger partial charge in [-0.2, -0.15) is 10.2 Å². The van der Waals surface area contributed by atoms with Crippen LogP contribution in [-0.2, 0) is 19.4 Å². The minimum atomic E-state index is -0.276. The summed E-state index contributed by atoms with van der Waals surface area (Å²) in [4.78, 5) is 27.6. The number of aryl methyl sites for hydroxylation is 1. The van der Waals surface area contributed by atoms with Crippen LogP contribution < -0.4 is 0 Å². The number of halogens is 2. The molecule has 174 valence electrons. The van der Waals surface area contributed by atoms with E-state index in [9.17, 15) is 14.0 Å². The molecule has 0 bridgehead atoms. The van der Waals surface area contributed by atoms with Crippen LogP contribution in [0.15, 0.2) is 47.1 Å². The van der Waals surface area contributed by atoms with Crippen LogP contribution in [0.5, 0.6) is 0 Å². The molecule has 9 heteroatoms. The number of rotatable bonds is 7. The van der Waals surface area contributed by atoms with Crippen LogP contribution in [0.3, 0.4) is 0 Å². The Morgan fingerprint density at radius 1 is 1.12 bits per heavy atom. The minimum absolute atomic E-state index is 0.0160. The van der Waals surface area contributed by atoms with Crippen LogP contribution in [0.25, 0.3) is 10.9 Å². The quantitative estimate of drug-likeness (QED) is 0.263. The number of unbranched alkanes of at least 4 members (excludes halogenated alkanes) is 1. The second-order valence-electron chi connectivity index (χ2n) is 8.56. The maximum atomic E-state index is 13.4. The topological polar surface area (TPSA) is 94.7 Å². The Bertz CT molecular complexity index is 1380. The van der Waals surface area contributed by atoms with E-state index in [0.717, 1.165) is 47.0 Å². The Morgan fingerprint density at radius 2 is 2.00 bits per heavy atom. The summed E-state index contributed by atoms with van der Waals surface area (Å²) in [5, 5.41) is 15.1. The number of H-pyrrole nitrogens is 2. The smallest absolute Gasteiger partial charge is 0.254 e. The molecule has 34 heavy (non-hydrogen) atoms. The van der Waals surface area contributed by atoms with Gasteiger partial charge < -0.3 is 4.90 Å². The van der Waals surface area contributed by atoms with Gasteiger partial charge in [-0.25, -0.2) is 4.39 Å². The maximum absolute atomic E-state index is 13.4. The van der Waals surface area contributed by atoms with E-state index in [4.69, 9.17) is 0 Å². The molecule has 0 unspecified atom stereocenters. The fourth-order valence-corrected chi connectivity index (χ4v) is 4.83. The van der Waals surface area contributed by atoms with Gasteiger partial charge in [0.1, 0.15) is 11.5 Å². The van der Waals surface area contributed by atoms with Crippen molar-refractivity contribution < 1.29 is 14.0 Å². The van der Waals surface area contributed by atoms with Crippen molar-refractivity contribution in [2.24, 2.45) is 0 Å². The number of aromatic nitrogens is 4. The van der Waals surface area contributed by atoms with Gasteiger partial charge in [0.05, 0.1) is 28.4 Å². The minimum Gasteiger partial charge on any atom is -0.332 e. The molecule has 4 aromatic rings. The third-order valence-corrected chi connectivity index (χ3v) is 6.88. The van der Waals surface area contributed by atoms with Crippen molar-refractivity contribution in [2.45, 2.75) is 38.6 Å². The molecule has 0 saturated carbocycles. The number of carbonyl (C=O) groups excluding carboxylic acids is 2. The van der Waals surface area contributed by atoms with Crippen molar-refractivity contribution in [1.82, 2.24) is 25.3 Å². The average molecular weight is 524 g/mol. The lowest BCUT2D eigenvalue weighted by molar-refractivity contribution is 0.0732. The predicted molar refractivity (Wildman–Crippen MR) is 129 cm³/mol. The molecule has 3 heterocycles. The normalized spacial score (nSPS) is 13.3. The summed E-state index contributed by atoms with van der Waals surface area (Å²) in [5.74, 6) is -0.319. The molecule has 1 amide bonds. The van der Waals surface area contributed by atoms with Gasteiger partial charge in [-0.05, 0) is 71.4 Å². The summed E-state index contributed by atoms with van der Waals surface area (Å²) in [7, 11) is 0. The number of ketones is 1. The Balaban J connectivity index is 1.17. The molecule has 0 atom stereocenters. The summed E-state index contributed by atoms with van der Waals surface area (Å²) >= 11 is 3.20. The van der Waals surface area contributed by atoms with Crippen molar-refractivity contribution in [2.75, 3.05) is 6.54 Å². The number of hydrogen-bond donors (Lipinski definition) is 2. The van der Waals surface area contributed by atoms with E-state index in [1.165, 1.54) is 6.07 Å². The second kappa shape index (κ2) is 9.50. The first kappa shape index (κ1) is 22.5. The summed E-state index contributed by atoms with van der Waals surface area (Å²) in [6, 6.07) is 10.5. The van der Waals surface area contributed by atoms with E-state index in [-0.39, 0.29) is 17.5 Å². The lowest BCUT2D eigenvalue weighted by Crippen LogP contribution is -2.36. The van der Waals surface area contributed by atoms with Gasteiger partial charge in [-0.1, -0.05) is 12.1 Å². The Kier molecular flexibility index (Phi) is 6.28. The molecule has 1 aliphatic heterocycles. The van der Waals surface area contributed by atoms with Gasteiger partial charge in [0.2, 0.25) is 0 Å². The number of aromatic amines is 2. The molecule has 5 rings (SSSR count).